The SMILES string of the molecule is CC(C)N1C(=O)/C(=C2/C(=O)N(CC(=O)Nc3ccccc3F)c3ccccc32)SC1=S. The Bertz CT molecular complexity index is 1160. The minimum absolute atomic E-state index is 0.0328. The fraction of sp³-hybridized carbons (Fsp3) is 0.182. The van der Waals surface area contributed by atoms with Crippen molar-refractivity contribution < 1.29 is 18.8 Å². The number of para-hydroxylation sites is 2. The molecule has 2 aromatic carbocycles. The molecule has 3 amide bonds. The number of anilines is 2. The number of carbonyl (C=O) groups is 3. The maximum absolute atomic E-state index is 13.9. The Balaban J connectivity index is 1.67. The van der Waals surface area contributed by atoms with Crippen molar-refractivity contribution in [3.63, 3.8) is 0 Å². The maximum atomic E-state index is 13.9. The summed E-state index contributed by atoms with van der Waals surface area (Å²) in [6.07, 6.45) is 0. The highest BCUT2D eigenvalue weighted by Gasteiger charge is 2.43. The molecule has 1 fully saturated rings. The molecule has 0 atom stereocenters. The van der Waals surface area contributed by atoms with E-state index >= 15 is 0 Å². The number of carbonyl (C=O) groups excluding carboxylic acids is 3. The second kappa shape index (κ2) is 8.24. The summed E-state index contributed by atoms with van der Waals surface area (Å²) in [6.45, 7) is 3.38. The Morgan fingerprint density at radius 3 is 2.45 bits per heavy atom. The molecule has 1 saturated heterocycles. The summed E-state index contributed by atoms with van der Waals surface area (Å²) in [5.41, 5.74) is 1.34. The lowest BCUT2D eigenvalue weighted by Crippen LogP contribution is -2.36. The van der Waals surface area contributed by atoms with Gasteiger partial charge in [-0.05, 0) is 32.0 Å². The molecule has 0 saturated carbocycles. The molecule has 0 radical (unpaired) electrons. The molecule has 0 bridgehead atoms. The first-order valence-electron chi connectivity index (χ1n) is 9.55. The number of thiocarbonyl (C=S) groups is 1. The van der Waals surface area contributed by atoms with Gasteiger partial charge in [-0.2, -0.15) is 0 Å². The molecule has 0 aromatic heterocycles. The smallest absolute Gasteiger partial charge is 0.267 e. The Morgan fingerprint density at radius 2 is 1.77 bits per heavy atom. The number of nitrogens with one attached hydrogen (secondary N) is 1. The van der Waals surface area contributed by atoms with E-state index in [4.69, 9.17) is 12.2 Å². The molecule has 0 unspecified atom stereocenters. The normalized spacial score (nSPS) is 18.3. The van der Waals surface area contributed by atoms with Crippen LogP contribution in [0.15, 0.2) is 53.4 Å². The molecule has 31 heavy (non-hydrogen) atoms. The van der Waals surface area contributed by atoms with Crippen molar-refractivity contribution in [3.8, 4) is 0 Å². The molecule has 1 N–H and O–H groups in total. The predicted octanol–water partition coefficient (Wildman–Crippen LogP) is 3.79. The van der Waals surface area contributed by atoms with Crippen LogP contribution >= 0.6 is 24.0 Å². The Hall–Kier alpha value is -3.04. The van der Waals surface area contributed by atoms with Crippen LogP contribution in [0.5, 0.6) is 0 Å². The first kappa shape index (κ1) is 21.2. The lowest BCUT2D eigenvalue weighted by Gasteiger charge is -2.18. The van der Waals surface area contributed by atoms with E-state index < -0.39 is 17.6 Å². The predicted molar refractivity (Wildman–Crippen MR) is 123 cm³/mol. The average Bonchev–Trinajstić information content (AvgIpc) is 3.16. The third-order valence-corrected chi connectivity index (χ3v) is 6.32. The Labute approximate surface area is 188 Å². The van der Waals surface area contributed by atoms with Gasteiger partial charge in [0.25, 0.3) is 11.8 Å². The highest BCUT2D eigenvalue weighted by Crippen LogP contribution is 2.44. The molecule has 2 aliphatic rings. The number of nitrogens with zero attached hydrogens (tertiary/aromatic N) is 2. The van der Waals surface area contributed by atoms with Crippen LogP contribution in [-0.4, -0.2) is 39.5 Å². The van der Waals surface area contributed by atoms with Crippen LogP contribution in [-0.2, 0) is 14.4 Å². The van der Waals surface area contributed by atoms with Crippen molar-refractivity contribution in [2.45, 2.75) is 19.9 Å². The van der Waals surface area contributed by atoms with Crippen molar-refractivity contribution in [2.75, 3.05) is 16.8 Å². The van der Waals surface area contributed by atoms with Crippen molar-refractivity contribution in [3.05, 3.63) is 64.8 Å². The minimum atomic E-state index is -0.568. The quantitative estimate of drug-likeness (QED) is 0.561. The number of thioether (sulfide) groups is 1. The fourth-order valence-electron chi connectivity index (χ4n) is 3.53. The van der Waals surface area contributed by atoms with Crippen LogP contribution in [0.1, 0.15) is 19.4 Å². The minimum Gasteiger partial charge on any atom is -0.322 e. The van der Waals surface area contributed by atoms with Gasteiger partial charge in [-0.25, -0.2) is 4.39 Å². The molecule has 0 spiro atoms. The van der Waals surface area contributed by atoms with Gasteiger partial charge in [0.2, 0.25) is 5.91 Å². The molecular formula is C22H18FN3O3S2. The Kier molecular flexibility index (Phi) is 5.63. The molecule has 2 aromatic rings. The van der Waals surface area contributed by atoms with Crippen LogP contribution in [0, 0.1) is 5.82 Å². The van der Waals surface area contributed by atoms with E-state index in [1.54, 1.807) is 30.3 Å². The lowest BCUT2D eigenvalue weighted by molar-refractivity contribution is -0.123. The van der Waals surface area contributed by atoms with Gasteiger partial charge >= 0.3 is 0 Å². The number of benzene rings is 2. The number of hydrogen-bond donors (Lipinski definition) is 1. The second-order valence-corrected chi connectivity index (χ2v) is 8.92. The van der Waals surface area contributed by atoms with E-state index in [2.05, 4.69) is 5.32 Å². The highest BCUT2D eigenvalue weighted by atomic mass is 32.2. The topological polar surface area (TPSA) is 69.7 Å². The van der Waals surface area contributed by atoms with Crippen molar-refractivity contribution in [1.82, 2.24) is 4.90 Å². The van der Waals surface area contributed by atoms with Gasteiger partial charge in [-0.3, -0.25) is 24.2 Å². The zero-order chi connectivity index (χ0) is 22.3. The first-order valence-corrected chi connectivity index (χ1v) is 10.8. The van der Waals surface area contributed by atoms with Gasteiger partial charge in [-0.1, -0.05) is 54.3 Å². The third-order valence-electron chi connectivity index (χ3n) is 4.92. The van der Waals surface area contributed by atoms with E-state index in [9.17, 15) is 18.8 Å². The van der Waals surface area contributed by atoms with Crippen molar-refractivity contribution in [1.29, 1.82) is 0 Å². The third kappa shape index (κ3) is 3.75. The summed E-state index contributed by atoms with van der Waals surface area (Å²) in [7, 11) is 0. The first-order chi connectivity index (χ1) is 14.8. The average molecular weight is 456 g/mol. The summed E-state index contributed by atoms with van der Waals surface area (Å²) < 4.78 is 14.3. The number of amides is 3. The number of rotatable bonds is 4. The van der Waals surface area contributed by atoms with Crippen molar-refractivity contribution >= 4 is 63.0 Å². The summed E-state index contributed by atoms with van der Waals surface area (Å²) in [6, 6.07) is 12.6. The second-order valence-electron chi connectivity index (χ2n) is 7.28. The van der Waals surface area contributed by atoms with Crippen LogP contribution in [0.3, 0.4) is 0 Å². The van der Waals surface area contributed by atoms with E-state index in [0.29, 0.717) is 15.6 Å². The van der Waals surface area contributed by atoms with E-state index in [-0.39, 0.29) is 34.7 Å². The van der Waals surface area contributed by atoms with E-state index in [0.717, 1.165) is 11.8 Å². The van der Waals surface area contributed by atoms with Gasteiger partial charge in [0.05, 0.1) is 21.9 Å². The summed E-state index contributed by atoms with van der Waals surface area (Å²) in [5, 5.41) is 2.49. The number of fused-ring (bicyclic) bond motifs is 1. The van der Waals surface area contributed by atoms with Crippen LogP contribution < -0.4 is 10.2 Å². The van der Waals surface area contributed by atoms with Gasteiger partial charge < -0.3 is 5.32 Å². The zero-order valence-corrected chi connectivity index (χ0v) is 18.3. The van der Waals surface area contributed by atoms with E-state index in [1.165, 1.54) is 28.0 Å². The molecule has 4 rings (SSSR count). The molecule has 2 heterocycles. The molecule has 2 aliphatic heterocycles. The van der Waals surface area contributed by atoms with Crippen LogP contribution in [0.4, 0.5) is 15.8 Å². The highest BCUT2D eigenvalue weighted by molar-refractivity contribution is 8.26. The monoisotopic (exact) mass is 455 g/mol. The largest absolute Gasteiger partial charge is 0.322 e. The molecule has 9 heteroatoms. The summed E-state index contributed by atoms with van der Waals surface area (Å²) in [4.78, 5) is 41.9. The van der Waals surface area contributed by atoms with Crippen molar-refractivity contribution in [2.24, 2.45) is 0 Å². The standard InChI is InChI=1S/C22H18FN3O3S2/c1-12(2)26-21(29)19(31-22(26)30)18-13-7-3-6-10-16(13)25(20(18)28)11-17(27)24-15-9-5-4-8-14(15)23/h3-10,12H,11H2,1-2H3,(H,24,27)/b19-18-. The van der Waals surface area contributed by atoms with E-state index in [1.807, 2.05) is 13.8 Å². The molecule has 158 valence electrons. The summed E-state index contributed by atoms with van der Waals surface area (Å²) >= 11 is 6.43. The van der Waals surface area contributed by atoms with Gasteiger partial charge in [-0.15, -0.1) is 0 Å². The van der Waals surface area contributed by atoms with Gasteiger partial charge in [0.15, 0.2) is 0 Å². The molecule has 6 nitrogen and oxygen atoms in total. The fourth-order valence-corrected chi connectivity index (χ4v) is 5.12. The van der Waals surface area contributed by atoms with Gasteiger partial charge in [0, 0.05) is 11.6 Å². The number of halogens is 1. The number of hydrogen-bond acceptors (Lipinski definition) is 5. The zero-order valence-electron chi connectivity index (χ0n) is 16.7. The molecule has 0 aliphatic carbocycles. The molecular weight excluding hydrogens is 437 g/mol. The Morgan fingerprint density at radius 1 is 1.10 bits per heavy atom. The lowest BCUT2D eigenvalue weighted by atomic mass is 10.1. The van der Waals surface area contributed by atoms with Gasteiger partial charge in [0.1, 0.15) is 16.7 Å². The van der Waals surface area contributed by atoms with Crippen LogP contribution in [0.25, 0.3) is 5.57 Å². The van der Waals surface area contributed by atoms with Crippen LogP contribution in [0.2, 0.25) is 0 Å². The summed E-state index contributed by atoms with van der Waals surface area (Å²) in [5.74, 6) is -1.90. The maximum Gasteiger partial charge on any atom is 0.267 e.